The Balaban J connectivity index is 1.61. The summed E-state index contributed by atoms with van der Waals surface area (Å²) in [5.41, 5.74) is 2.32. The number of rotatable bonds is 6. The Kier molecular flexibility index (Phi) is 5.53. The molecular weight excluding hydrogens is 392 g/mol. The molecule has 0 saturated heterocycles. The van der Waals surface area contributed by atoms with Crippen molar-refractivity contribution in [2.45, 2.75) is 26.4 Å². The van der Waals surface area contributed by atoms with Crippen molar-refractivity contribution in [3.05, 3.63) is 74.8 Å². The van der Waals surface area contributed by atoms with Crippen molar-refractivity contribution < 1.29 is 9.26 Å². The highest BCUT2D eigenvalue weighted by molar-refractivity contribution is 9.10. The van der Waals surface area contributed by atoms with Crippen molar-refractivity contribution in [1.82, 2.24) is 10.1 Å². The van der Waals surface area contributed by atoms with Gasteiger partial charge in [-0.15, -0.1) is 0 Å². The topological polar surface area (TPSA) is 48.2 Å². The maximum atomic E-state index is 5.88. The summed E-state index contributed by atoms with van der Waals surface area (Å²) in [7, 11) is 0. The standard InChI is InChI=1S/C18H16BrClN2O2/c1-2-12-5-8-16(15(19)9-12)23-11-18-21-17(22-24-18)10-13-3-6-14(20)7-4-13/h3-9H,2,10-11H2,1H3. The highest BCUT2D eigenvalue weighted by Crippen LogP contribution is 2.27. The van der Waals surface area contributed by atoms with Gasteiger partial charge in [0.05, 0.1) is 4.47 Å². The number of benzene rings is 2. The van der Waals surface area contributed by atoms with Crippen LogP contribution in [0.2, 0.25) is 5.02 Å². The van der Waals surface area contributed by atoms with E-state index < -0.39 is 0 Å². The summed E-state index contributed by atoms with van der Waals surface area (Å²) >= 11 is 9.39. The summed E-state index contributed by atoms with van der Waals surface area (Å²) in [5.74, 6) is 1.83. The van der Waals surface area contributed by atoms with Gasteiger partial charge in [0.15, 0.2) is 12.4 Å². The van der Waals surface area contributed by atoms with Crippen LogP contribution in [0.3, 0.4) is 0 Å². The summed E-state index contributed by atoms with van der Waals surface area (Å²) < 4.78 is 11.9. The monoisotopic (exact) mass is 406 g/mol. The van der Waals surface area contributed by atoms with Gasteiger partial charge >= 0.3 is 0 Å². The van der Waals surface area contributed by atoms with Crippen molar-refractivity contribution in [3.8, 4) is 5.75 Å². The largest absolute Gasteiger partial charge is 0.483 e. The fourth-order valence-corrected chi connectivity index (χ4v) is 2.89. The third-order valence-corrected chi connectivity index (χ3v) is 4.41. The smallest absolute Gasteiger partial charge is 0.264 e. The lowest BCUT2D eigenvalue weighted by Crippen LogP contribution is -1.98. The predicted molar refractivity (Wildman–Crippen MR) is 96.4 cm³/mol. The van der Waals surface area contributed by atoms with Crippen molar-refractivity contribution >= 4 is 27.5 Å². The number of hydrogen-bond acceptors (Lipinski definition) is 4. The van der Waals surface area contributed by atoms with E-state index in [2.05, 4.69) is 39.1 Å². The molecule has 0 unspecified atom stereocenters. The molecule has 0 aliphatic carbocycles. The molecule has 0 saturated carbocycles. The van der Waals surface area contributed by atoms with Gasteiger partial charge in [-0.1, -0.05) is 41.9 Å². The van der Waals surface area contributed by atoms with Gasteiger partial charge in [0, 0.05) is 11.4 Å². The van der Waals surface area contributed by atoms with Crippen LogP contribution in [0.15, 0.2) is 51.5 Å². The molecule has 0 bridgehead atoms. The molecule has 0 aliphatic rings. The SMILES string of the molecule is CCc1ccc(OCc2nc(Cc3ccc(Cl)cc3)no2)c(Br)c1. The molecule has 0 fully saturated rings. The summed E-state index contributed by atoms with van der Waals surface area (Å²) in [5, 5.41) is 4.69. The molecule has 0 aliphatic heterocycles. The fourth-order valence-electron chi connectivity index (χ4n) is 2.23. The summed E-state index contributed by atoms with van der Waals surface area (Å²) in [6.07, 6.45) is 1.58. The number of aryl methyl sites for hydroxylation is 1. The molecule has 3 rings (SSSR count). The van der Waals surface area contributed by atoms with Crippen molar-refractivity contribution in [3.63, 3.8) is 0 Å². The Morgan fingerprint density at radius 2 is 1.88 bits per heavy atom. The van der Waals surface area contributed by atoms with Crippen molar-refractivity contribution in [1.29, 1.82) is 0 Å². The number of halogens is 2. The molecule has 124 valence electrons. The molecular formula is C18H16BrClN2O2. The van der Waals surface area contributed by atoms with E-state index in [-0.39, 0.29) is 6.61 Å². The van der Waals surface area contributed by atoms with Gasteiger partial charge in [0.2, 0.25) is 0 Å². The lowest BCUT2D eigenvalue weighted by atomic mass is 10.1. The molecule has 0 radical (unpaired) electrons. The van der Waals surface area contributed by atoms with E-state index in [4.69, 9.17) is 20.9 Å². The Labute approximate surface area is 153 Å². The van der Waals surface area contributed by atoms with Gasteiger partial charge in [-0.25, -0.2) is 0 Å². The normalized spacial score (nSPS) is 10.8. The van der Waals surface area contributed by atoms with Gasteiger partial charge < -0.3 is 9.26 Å². The zero-order valence-electron chi connectivity index (χ0n) is 13.1. The van der Waals surface area contributed by atoms with E-state index in [1.54, 1.807) is 0 Å². The van der Waals surface area contributed by atoms with E-state index in [0.29, 0.717) is 23.2 Å². The number of aromatic nitrogens is 2. The van der Waals surface area contributed by atoms with Gasteiger partial charge in [-0.05, 0) is 57.7 Å². The van der Waals surface area contributed by atoms with Gasteiger partial charge in [0.25, 0.3) is 5.89 Å². The number of ether oxygens (including phenoxy) is 1. The number of nitrogens with zero attached hydrogens (tertiary/aromatic N) is 2. The lowest BCUT2D eigenvalue weighted by molar-refractivity contribution is 0.241. The van der Waals surface area contributed by atoms with E-state index in [1.165, 1.54) is 5.56 Å². The van der Waals surface area contributed by atoms with E-state index >= 15 is 0 Å². The molecule has 0 amide bonds. The van der Waals surface area contributed by atoms with Crippen LogP contribution in [-0.4, -0.2) is 10.1 Å². The molecule has 1 heterocycles. The van der Waals surface area contributed by atoms with Crippen LogP contribution in [0, 0.1) is 0 Å². The Bertz CT molecular complexity index is 818. The molecule has 0 atom stereocenters. The molecule has 2 aromatic carbocycles. The molecule has 4 nitrogen and oxygen atoms in total. The summed E-state index contributed by atoms with van der Waals surface area (Å²) in [6, 6.07) is 13.6. The Hall–Kier alpha value is -1.85. The van der Waals surface area contributed by atoms with Gasteiger partial charge in [-0.3, -0.25) is 0 Å². The Morgan fingerprint density at radius 1 is 1.12 bits per heavy atom. The molecule has 6 heteroatoms. The number of hydrogen-bond donors (Lipinski definition) is 0. The minimum absolute atomic E-state index is 0.234. The quantitative estimate of drug-likeness (QED) is 0.562. The van der Waals surface area contributed by atoms with Gasteiger partial charge in [0.1, 0.15) is 5.75 Å². The second-order valence-corrected chi connectivity index (χ2v) is 6.61. The van der Waals surface area contributed by atoms with Crippen molar-refractivity contribution in [2.24, 2.45) is 0 Å². The average molecular weight is 408 g/mol. The molecule has 0 spiro atoms. The first-order chi connectivity index (χ1) is 11.6. The van der Waals surface area contributed by atoms with Crippen LogP contribution in [0.4, 0.5) is 0 Å². The second kappa shape index (κ2) is 7.81. The average Bonchev–Trinajstić information content (AvgIpc) is 3.03. The summed E-state index contributed by atoms with van der Waals surface area (Å²) in [4.78, 5) is 4.36. The van der Waals surface area contributed by atoms with E-state index in [9.17, 15) is 0 Å². The Morgan fingerprint density at radius 3 is 2.58 bits per heavy atom. The van der Waals surface area contributed by atoms with Crippen LogP contribution in [0.5, 0.6) is 5.75 Å². The van der Waals surface area contributed by atoms with Crippen LogP contribution < -0.4 is 4.74 Å². The predicted octanol–water partition coefficient (Wildman–Crippen LogP) is 5.22. The zero-order chi connectivity index (χ0) is 16.9. The zero-order valence-corrected chi connectivity index (χ0v) is 15.5. The first-order valence-electron chi connectivity index (χ1n) is 7.61. The lowest BCUT2D eigenvalue weighted by Gasteiger charge is -2.07. The van der Waals surface area contributed by atoms with Crippen molar-refractivity contribution in [2.75, 3.05) is 0 Å². The maximum absolute atomic E-state index is 5.88. The molecule has 1 aromatic heterocycles. The van der Waals surface area contributed by atoms with E-state index in [0.717, 1.165) is 22.2 Å². The molecule has 24 heavy (non-hydrogen) atoms. The first-order valence-corrected chi connectivity index (χ1v) is 8.78. The maximum Gasteiger partial charge on any atom is 0.264 e. The highest BCUT2D eigenvalue weighted by Gasteiger charge is 2.09. The minimum atomic E-state index is 0.234. The highest BCUT2D eigenvalue weighted by atomic mass is 79.9. The third-order valence-electron chi connectivity index (χ3n) is 3.54. The van der Waals surface area contributed by atoms with Crippen LogP contribution in [0.25, 0.3) is 0 Å². The molecule has 3 aromatic rings. The first kappa shape index (κ1) is 17.0. The third kappa shape index (κ3) is 4.36. The van der Waals surface area contributed by atoms with Crippen LogP contribution in [-0.2, 0) is 19.4 Å². The van der Waals surface area contributed by atoms with Crippen LogP contribution in [0.1, 0.15) is 29.8 Å². The van der Waals surface area contributed by atoms with Gasteiger partial charge in [-0.2, -0.15) is 4.98 Å². The minimum Gasteiger partial charge on any atom is -0.483 e. The van der Waals surface area contributed by atoms with Crippen LogP contribution >= 0.6 is 27.5 Å². The fraction of sp³-hybridized carbons (Fsp3) is 0.222. The van der Waals surface area contributed by atoms with E-state index in [1.807, 2.05) is 36.4 Å². The summed E-state index contributed by atoms with van der Waals surface area (Å²) in [6.45, 7) is 2.35. The molecule has 0 N–H and O–H groups in total. The second-order valence-electron chi connectivity index (χ2n) is 5.31.